The van der Waals surface area contributed by atoms with Crippen LogP contribution in [0.2, 0.25) is 5.02 Å². The molecule has 2 heterocycles. The van der Waals surface area contributed by atoms with E-state index in [0.29, 0.717) is 30.0 Å². The van der Waals surface area contributed by atoms with Crippen LogP contribution in [0.25, 0.3) is 22.5 Å². The third kappa shape index (κ3) is 4.79. The summed E-state index contributed by atoms with van der Waals surface area (Å²) < 4.78 is 0. The first-order valence-electron chi connectivity index (χ1n) is 10.1. The summed E-state index contributed by atoms with van der Waals surface area (Å²) in [4.78, 5) is 27.6. The molecule has 0 saturated carbocycles. The van der Waals surface area contributed by atoms with E-state index >= 15 is 0 Å². The van der Waals surface area contributed by atoms with Crippen LogP contribution >= 0.6 is 11.6 Å². The molecule has 0 spiro atoms. The maximum absolute atomic E-state index is 12.4. The number of halogens is 1. The molecule has 0 aliphatic carbocycles. The summed E-state index contributed by atoms with van der Waals surface area (Å²) in [6, 6.07) is 18.6. The molecule has 3 aromatic rings. The maximum Gasteiger partial charge on any atom is 0.242 e. The van der Waals surface area contributed by atoms with Gasteiger partial charge in [-0.2, -0.15) is 5.26 Å². The number of hydrogen-bond acceptors (Lipinski definition) is 3. The van der Waals surface area contributed by atoms with Crippen molar-refractivity contribution in [2.24, 2.45) is 0 Å². The van der Waals surface area contributed by atoms with E-state index in [1.165, 1.54) is 0 Å². The van der Waals surface area contributed by atoms with Gasteiger partial charge in [0.15, 0.2) is 0 Å². The number of hydrogen-bond donors (Lipinski definition) is 3. The molecule has 4 rings (SSSR count). The van der Waals surface area contributed by atoms with Crippen LogP contribution in [0.5, 0.6) is 0 Å². The predicted octanol–water partition coefficient (Wildman–Crippen LogP) is 3.81. The minimum Gasteiger partial charge on any atom is -0.354 e. The summed E-state index contributed by atoms with van der Waals surface area (Å²) in [5, 5.41) is 15.3. The van der Waals surface area contributed by atoms with Crippen molar-refractivity contribution in [2.75, 3.05) is 6.54 Å². The minimum atomic E-state index is -0.443. The molecule has 3 N–H and O–H groups in total. The number of nitrogens with one attached hydrogen (secondary N) is 3. The van der Waals surface area contributed by atoms with E-state index in [-0.39, 0.29) is 18.2 Å². The van der Waals surface area contributed by atoms with Gasteiger partial charge in [0.25, 0.3) is 0 Å². The van der Waals surface area contributed by atoms with Crippen LogP contribution in [0.15, 0.2) is 54.6 Å². The fourth-order valence-electron chi connectivity index (χ4n) is 3.69. The molecule has 1 saturated heterocycles. The SMILES string of the molecule is N#Cc1ccc(-c2[nH]c(-c3ccc(Cl)cc3)cc2CCC(=O)NC2CCNC2=O)cc1. The lowest BCUT2D eigenvalue weighted by molar-refractivity contribution is -0.127. The summed E-state index contributed by atoms with van der Waals surface area (Å²) in [6.07, 6.45) is 1.40. The molecule has 156 valence electrons. The van der Waals surface area contributed by atoms with Gasteiger partial charge in [-0.05, 0) is 59.9 Å². The lowest BCUT2D eigenvalue weighted by Crippen LogP contribution is -2.40. The highest BCUT2D eigenvalue weighted by atomic mass is 35.5. The molecule has 1 atom stereocenters. The Kier molecular flexibility index (Phi) is 6.06. The van der Waals surface area contributed by atoms with Crippen molar-refractivity contribution >= 4 is 23.4 Å². The molecule has 0 radical (unpaired) electrons. The zero-order valence-corrected chi connectivity index (χ0v) is 17.5. The third-order valence-electron chi connectivity index (χ3n) is 5.36. The molecule has 31 heavy (non-hydrogen) atoms. The molecule has 1 aliphatic rings. The number of amides is 2. The molecule has 1 aromatic heterocycles. The van der Waals surface area contributed by atoms with E-state index in [0.717, 1.165) is 28.1 Å². The molecule has 2 amide bonds. The van der Waals surface area contributed by atoms with Crippen molar-refractivity contribution < 1.29 is 9.59 Å². The van der Waals surface area contributed by atoms with Gasteiger partial charge >= 0.3 is 0 Å². The minimum absolute atomic E-state index is 0.127. The van der Waals surface area contributed by atoms with Gasteiger partial charge < -0.3 is 15.6 Å². The Morgan fingerprint density at radius 3 is 2.48 bits per heavy atom. The monoisotopic (exact) mass is 432 g/mol. The summed E-state index contributed by atoms with van der Waals surface area (Å²) in [5.74, 6) is -0.277. The number of carbonyl (C=O) groups excluding carboxylic acids is 2. The van der Waals surface area contributed by atoms with Gasteiger partial charge in [-0.25, -0.2) is 0 Å². The number of rotatable bonds is 6. The number of benzene rings is 2. The van der Waals surface area contributed by atoms with Gasteiger partial charge in [0, 0.05) is 29.4 Å². The van der Waals surface area contributed by atoms with Crippen LogP contribution < -0.4 is 10.6 Å². The average molecular weight is 433 g/mol. The largest absolute Gasteiger partial charge is 0.354 e. The Hall–Kier alpha value is -3.56. The first-order valence-corrected chi connectivity index (χ1v) is 10.5. The Morgan fingerprint density at radius 2 is 1.84 bits per heavy atom. The molecule has 1 fully saturated rings. The van der Waals surface area contributed by atoms with Crippen molar-refractivity contribution in [2.45, 2.75) is 25.3 Å². The third-order valence-corrected chi connectivity index (χ3v) is 5.61. The van der Waals surface area contributed by atoms with Crippen molar-refractivity contribution in [1.82, 2.24) is 15.6 Å². The van der Waals surface area contributed by atoms with E-state index in [4.69, 9.17) is 16.9 Å². The molecule has 1 aliphatic heterocycles. The summed E-state index contributed by atoms with van der Waals surface area (Å²) in [6.45, 7) is 0.592. The Bertz CT molecular complexity index is 1140. The van der Waals surface area contributed by atoms with Crippen molar-refractivity contribution in [3.63, 3.8) is 0 Å². The number of aromatic nitrogens is 1. The molecule has 1 unspecified atom stereocenters. The lowest BCUT2D eigenvalue weighted by Gasteiger charge is -2.10. The molecular formula is C24H21ClN4O2. The first kappa shape index (κ1) is 20.7. The van der Waals surface area contributed by atoms with Gasteiger partial charge in [-0.15, -0.1) is 0 Å². The number of aryl methyl sites for hydroxylation is 1. The van der Waals surface area contributed by atoms with Gasteiger partial charge in [-0.3, -0.25) is 9.59 Å². The fraction of sp³-hybridized carbons (Fsp3) is 0.208. The predicted molar refractivity (Wildman–Crippen MR) is 119 cm³/mol. The van der Waals surface area contributed by atoms with E-state index in [9.17, 15) is 9.59 Å². The van der Waals surface area contributed by atoms with Crippen LogP contribution in [-0.4, -0.2) is 29.4 Å². The first-order chi connectivity index (χ1) is 15.0. The van der Waals surface area contributed by atoms with Crippen molar-refractivity contribution in [3.8, 4) is 28.6 Å². The van der Waals surface area contributed by atoms with E-state index in [2.05, 4.69) is 21.7 Å². The Morgan fingerprint density at radius 1 is 1.13 bits per heavy atom. The van der Waals surface area contributed by atoms with E-state index < -0.39 is 6.04 Å². The van der Waals surface area contributed by atoms with Crippen molar-refractivity contribution in [3.05, 3.63) is 70.7 Å². The second kappa shape index (κ2) is 9.07. The van der Waals surface area contributed by atoms with Crippen LogP contribution in [0.1, 0.15) is 24.0 Å². The number of nitrogens with zero attached hydrogens (tertiary/aromatic N) is 1. The highest BCUT2D eigenvalue weighted by Crippen LogP contribution is 2.30. The summed E-state index contributed by atoms with van der Waals surface area (Å²) in [5.41, 5.74) is 5.31. The number of H-pyrrole nitrogens is 1. The van der Waals surface area contributed by atoms with E-state index in [1.807, 2.05) is 42.5 Å². The van der Waals surface area contributed by atoms with Gasteiger partial charge in [0.1, 0.15) is 6.04 Å². The maximum atomic E-state index is 12.4. The second-order valence-corrected chi connectivity index (χ2v) is 7.92. The van der Waals surface area contributed by atoms with Gasteiger partial charge in [0.05, 0.1) is 11.6 Å². The second-order valence-electron chi connectivity index (χ2n) is 7.48. The molecule has 7 heteroatoms. The lowest BCUT2D eigenvalue weighted by atomic mass is 10.0. The van der Waals surface area contributed by atoms with E-state index in [1.54, 1.807) is 12.1 Å². The molecule has 6 nitrogen and oxygen atoms in total. The van der Waals surface area contributed by atoms with Crippen LogP contribution in [-0.2, 0) is 16.0 Å². The number of carbonyl (C=O) groups is 2. The Balaban J connectivity index is 1.58. The van der Waals surface area contributed by atoms with Crippen LogP contribution in [0.3, 0.4) is 0 Å². The smallest absolute Gasteiger partial charge is 0.242 e. The normalized spacial score (nSPS) is 15.4. The number of nitriles is 1. The highest BCUT2D eigenvalue weighted by molar-refractivity contribution is 6.30. The quantitative estimate of drug-likeness (QED) is 0.552. The topological polar surface area (TPSA) is 97.8 Å². The van der Waals surface area contributed by atoms with Gasteiger partial charge in [-0.1, -0.05) is 35.9 Å². The Labute approximate surface area is 185 Å². The summed E-state index contributed by atoms with van der Waals surface area (Å²) in [7, 11) is 0. The van der Waals surface area contributed by atoms with Crippen molar-refractivity contribution in [1.29, 1.82) is 5.26 Å². The molecular weight excluding hydrogens is 412 g/mol. The summed E-state index contributed by atoms with van der Waals surface area (Å²) >= 11 is 6.02. The number of aromatic amines is 1. The highest BCUT2D eigenvalue weighted by Gasteiger charge is 2.25. The van der Waals surface area contributed by atoms with Crippen LogP contribution in [0, 0.1) is 11.3 Å². The average Bonchev–Trinajstić information content (AvgIpc) is 3.39. The standard InChI is InChI=1S/C24H21ClN4O2/c25-19-8-5-16(6-9-19)21-13-18(7-10-22(30)28-20-11-12-27-24(20)31)23(29-21)17-3-1-15(14-26)2-4-17/h1-6,8-9,13,20,29H,7,10-12H2,(H,27,31)(H,28,30). The van der Waals surface area contributed by atoms with Crippen LogP contribution in [0.4, 0.5) is 0 Å². The fourth-order valence-corrected chi connectivity index (χ4v) is 3.82. The zero-order chi connectivity index (χ0) is 21.8. The molecule has 2 aromatic carbocycles. The van der Waals surface area contributed by atoms with Gasteiger partial charge in [0.2, 0.25) is 11.8 Å². The molecule has 0 bridgehead atoms. The zero-order valence-electron chi connectivity index (χ0n) is 16.7.